The van der Waals surface area contributed by atoms with Crippen molar-refractivity contribution in [1.82, 2.24) is 14.6 Å². The van der Waals surface area contributed by atoms with Crippen molar-refractivity contribution in [3.8, 4) is 11.1 Å². The molecule has 22 heavy (non-hydrogen) atoms. The number of benzene rings is 1. The summed E-state index contributed by atoms with van der Waals surface area (Å²) in [5.41, 5.74) is 7.95. The Kier molecular flexibility index (Phi) is 4.47. The molecule has 0 aliphatic heterocycles. The molecular formula is C14H10ClLiN4O2. The summed E-state index contributed by atoms with van der Waals surface area (Å²) in [6.45, 7) is 1.67. The van der Waals surface area contributed by atoms with Gasteiger partial charge in [0.1, 0.15) is 0 Å². The molecule has 0 atom stereocenters. The minimum absolute atomic E-state index is 0. The van der Waals surface area contributed by atoms with Crippen LogP contribution in [-0.2, 0) is 0 Å². The number of halogens is 1. The number of nitrogen functional groups attached to an aromatic ring is 1. The fourth-order valence-electron chi connectivity index (χ4n) is 2.21. The van der Waals surface area contributed by atoms with E-state index >= 15 is 0 Å². The molecule has 0 amide bonds. The van der Waals surface area contributed by atoms with E-state index in [9.17, 15) is 9.90 Å². The molecule has 6 nitrogen and oxygen atoms in total. The first kappa shape index (κ1) is 16.4. The number of carboxylic acid groups (broad SMARTS) is 1. The van der Waals surface area contributed by atoms with Crippen molar-refractivity contribution in [3.63, 3.8) is 0 Å². The second-order valence-corrected chi connectivity index (χ2v) is 4.97. The number of aryl methyl sites for hydroxylation is 1. The SMILES string of the molecule is Cc1ccc(-c2ccn3nc(N)nc3c2)c(Cl)c1C(=O)[O-].[Li+]. The van der Waals surface area contributed by atoms with E-state index in [0.29, 0.717) is 16.8 Å². The van der Waals surface area contributed by atoms with Gasteiger partial charge in [0.2, 0.25) is 5.95 Å². The zero-order chi connectivity index (χ0) is 15.1. The van der Waals surface area contributed by atoms with Crippen LogP contribution in [0.25, 0.3) is 16.8 Å². The number of aromatic nitrogens is 3. The number of hydrogen-bond donors (Lipinski definition) is 1. The van der Waals surface area contributed by atoms with Crippen molar-refractivity contribution in [1.29, 1.82) is 0 Å². The van der Waals surface area contributed by atoms with Gasteiger partial charge in [-0.1, -0.05) is 23.7 Å². The van der Waals surface area contributed by atoms with E-state index in [0.717, 1.165) is 5.56 Å². The number of carbonyl (C=O) groups is 1. The summed E-state index contributed by atoms with van der Waals surface area (Å²) in [7, 11) is 0. The molecular weight excluding hydrogens is 299 g/mol. The molecule has 2 aromatic heterocycles. The second-order valence-electron chi connectivity index (χ2n) is 4.59. The van der Waals surface area contributed by atoms with Crippen LogP contribution in [0.1, 0.15) is 15.9 Å². The Hall–Kier alpha value is -2.00. The minimum Gasteiger partial charge on any atom is -0.545 e. The van der Waals surface area contributed by atoms with Crippen LogP contribution in [0.5, 0.6) is 0 Å². The Bertz CT molecular complexity index is 879. The third-order valence-electron chi connectivity index (χ3n) is 3.22. The van der Waals surface area contributed by atoms with Crippen LogP contribution < -0.4 is 29.7 Å². The Balaban J connectivity index is 0.00000176. The van der Waals surface area contributed by atoms with Gasteiger partial charge in [0.25, 0.3) is 0 Å². The minimum atomic E-state index is -1.30. The zero-order valence-corrected chi connectivity index (χ0v) is 12.8. The summed E-state index contributed by atoms with van der Waals surface area (Å²) in [6.07, 6.45) is 1.68. The third-order valence-corrected chi connectivity index (χ3v) is 3.61. The van der Waals surface area contributed by atoms with Crippen LogP contribution >= 0.6 is 11.6 Å². The molecule has 1 aromatic carbocycles. The second kappa shape index (κ2) is 6.01. The Labute approximate surface area is 143 Å². The average Bonchev–Trinajstić information content (AvgIpc) is 2.77. The predicted molar refractivity (Wildman–Crippen MR) is 76.9 cm³/mol. The van der Waals surface area contributed by atoms with Crippen molar-refractivity contribution in [2.45, 2.75) is 6.92 Å². The van der Waals surface area contributed by atoms with Gasteiger partial charge in [-0.2, -0.15) is 4.98 Å². The molecule has 2 heterocycles. The van der Waals surface area contributed by atoms with Gasteiger partial charge in [-0.25, -0.2) is 4.52 Å². The summed E-state index contributed by atoms with van der Waals surface area (Å²) < 4.78 is 1.53. The van der Waals surface area contributed by atoms with Crippen LogP contribution in [0, 0.1) is 6.92 Å². The summed E-state index contributed by atoms with van der Waals surface area (Å²) in [6, 6.07) is 6.94. The average molecular weight is 309 g/mol. The first-order chi connectivity index (χ1) is 9.97. The van der Waals surface area contributed by atoms with Crippen molar-refractivity contribution >= 4 is 29.2 Å². The normalized spacial score (nSPS) is 10.5. The van der Waals surface area contributed by atoms with Crippen molar-refractivity contribution < 1.29 is 28.8 Å². The molecule has 0 saturated heterocycles. The van der Waals surface area contributed by atoms with Gasteiger partial charge in [-0.05, 0) is 30.2 Å². The molecule has 106 valence electrons. The Morgan fingerprint density at radius 2 is 2.09 bits per heavy atom. The Morgan fingerprint density at radius 3 is 2.77 bits per heavy atom. The van der Waals surface area contributed by atoms with Crippen LogP contribution in [-0.4, -0.2) is 20.6 Å². The number of pyridine rings is 1. The third kappa shape index (κ3) is 2.69. The molecule has 2 N–H and O–H groups in total. The summed E-state index contributed by atoms with van der Waals surface area (Å²) >= 11 is 6.21. The van der Waals surface area contributed by atoms with Crippen LogP contribution in [0.4, 0.5) is 5.95 Å². The maximum Gasteiger partial charge on any atom is 1.00 e. The molecule has 0 radical (unpaired) electrons. The molecule has 0 unspecified atom stereocenters. The molecule has 0 fully saturated rings. The van der Waals surface area contributed by atoms with Gasteiger partial charge in [0, 0.05) is 17.3 Å². The van der Waals surface area contributed by atoms with Gasteiger partial charge in [-0.3, -0.25) is 0 Å². The summed E-state index contributed by atoms with van der Waals surface area (Å²) in [4.78, 5) is 15.3. The predicted octanol–water partition coefficient (Wildman–Crippen LogP) is -1.69. The van der Waals surface area contributed by atoms with E-state index in [1.165, 1.54) is 4.52 Å². The smallest absolute Gasteiger partial charge is 0.545 e. The number of aromatic carboxylic acids is 1. The standard InChI is InChI=1S/C14H11ClN4O2.Li/c1-7-2-3-9(12(15)11(7)13(20)21)8-4-5-19-10(6-8)17-14(16)18-19;/h2-6H,1H3,(H2,16,18)(H,20,21);/q;+1/p-1. The van der Waals surface area contributed by atoms with E-state index in [2.05, 4.69) is 10.1 Å². The topological polar surface area (TPSA) is 96.3 Å². The number of carboxylic acids is 1. The monoisotopic (exact) mass is 308 g/mol. The van der Waals surface area contributed by atoms with Crippen molar-refractivity contribution in [2.24, 2.45) is 0 Å². The van der Waals surface area contributed by atoms with E-state index in [4.69, 9.17) is 17.3 Å². The van der Waals surface area contributed by atoms with Crippen molar-refractivity contribution in [3.05, 3.63) is 46.6 Å². The van der Waals surface area contributed by atoms with E-state index in [-0.39, 0.29) is 35.4 Å². The number of fused-ring (bicyclic) bond motifs is 1. The van der Waals surface area contributed by atoms with Gasteiger partial charge >= 0.3 is 18.9 Å². The van der Waals surface area contributed by atoms with Crippen LogP contribution in [0.2, 0.25) is 5.02 Å². The molecule has 3 aromatic rings. The first-order valence-corrected chi connectivity index (χ1v) is 6.48. The number of hydrogen-bond acceptors (Lipinski definition) is 5. The fourth-order valence-corrected chi connectivity index (χ4v) is 2.61. The number of anilines is 1. The number of rotatable bonds is 2. The van der Waals surface area contributed by atoms with Gasteiger partial charge in [-0.15, -0.1) is 5.10 Å². The van der Waals surface area contributed by atoms with Crippen molar-refractivity contribution in [2.75, 3.05) is 5.73 Å². The van der Waals surface area contributed by atoms with Gasteiger partial charge in [0.15, 0.2) is 5.65 Å². The quantitative estimate of drug-likeness (QED) is 0.570. The molecule has 0 spiro atoms. The summed E-state index contributed by atoms with van der Waals surface area (Å²) in [5, 5.41) is 15.3. The van der Waals surface area contributed by atoms with Gasteiger partial charge < -0.3 is 15.6 Å². The number of nitrogens with zero attached hydrogens (tertiary/aromatic N) is 3. The van der Waals surface area contributed by atoms with E-state index < -0.39 is 5.97 Å². The van der Waals surface area contributed by atoms with E-state index in [1.807, 2.05) is 0 Å². The van der Waals surface area contributed by atoms with Crippen LogP contribution in [0.15, 0.2) is 30.5 Å². The maximum atomic E-state index is 11.2. The molecule has 8 heteroatoms. The van der Waals surface area contributed by atoms with Gasteiger partial charge in [0.05, 0.1) is 11.0 Å². The first-order valence-electron chi connectivity index (χ1n) is 6.10. The molecule has 3 rings (SSSR count). The molecule has 0 aliphatic rings. The number of carbonyl (C=O) groups excluding carboxylic acids is 1. The molecule has 0 bridgehead atoms. The largest absolute Gasteiger partial charge is 1.00 e. The van der Waals surface area contributed by atoms with Crippen LogP contribution in [0.3, 0.4) is 0 Å². The fraction of sp³-hybridized carbons (Fsp3) is 0.0714. The molecule has 0 saturated carbocycles. The maximum absolute atomic E-state index is 11.2. The number of nitrogens with two attached hydrogens (primary N) is 1. The molecule has 0 aliphatic carbocycles. The Morgan fingerprint density at radius 1 is 1.36 bits per heavy atom. The van der Waals surface area contributed by atoms with E-state index in [1.54, 1.807) is 37.4 Å². The summed E-state index contributed by atoms with van der Waals surface area (Å²) in [5.74, 6) is -1.13. The zero-order valence-electron chi connectivity index (χ0n) is 12.0.